The summed E-state index contributed by atoms with van der Waals surface area (Å²) >= 11 is 0. The number of hydrogen-bond donors (Lipinski definition) is 0. The average molecular weight is 514 g/mol. The van der Waals surface area contributed by atoms with E-state index in [4.69, 9.17) is 4.42 Å². The second kappa shape index (κ2) is 10.5. The predicted molar refractivity (Wildman–Crippen MR) is 147 cm³/mol. The Labute approximate surface area is 223 Å². The van der Waals surface area contributed by atoms with Crippen molar-refractivity contribution in [2.24, 2.45) is 0 Å². The monoisotopic (exact) mass is 513 g/mol. The number of aryl methyl sites for hydroxylation is 1. The normalized spacial score (nSPS) is 14.7. The molecule has 5 rings (SSSR count). The molecule has 4 aromatic rings. The van der Waals surface area contributed by atoms with Gasteiger partial charge in [0.1, 0.15) is 11.5 Å². The van der Waals surface area contributed by atoms with E-state index in [1.165, 1.54) is 0 Å². The molecule has 0 aliphatic carbocycles. The van der Waals surface area contributed by atoms with E-state index in [9.17, 15) is 4.79 Å². The number of rotatable bonds is 7. The molecule has 0 aromatic carbocycles. The molecule has 9 nitrogen and oxygen atoms in total. The molecule has 1 saturated heterocycles. The smallest absolute Gasteiger partial charge is 0.202 e. The van der Waals surface area contributed by atoms with Crippen molar-refractivity contribution in [3.8, 4) is 16.9 Å². The van der Waals surface area contributed by atoms with Crippen molar-refractivity contribution < 1.29 is 9.21 Å². The quantitative estimate of drug-likeness (QED) is 0.334. The second-order valence-corrected chi connectivity index (χ2v) is 10.9. The number of likely N-dealkylation sites (N-methyl/N-ethyl adjacent to an activating group) is 1. The number of anilines is 1. The highest BCUT2D eigenvalue weighted by Gasteiger charge is 2.21. The minimum absolute atomic E-state index is 0.0842. The molecule has 1 fully saturated rings. The van der Waals surface area contributed by atoms with E-state index in [1.807, 2.05) is 37.6 Å². The molecule has 0 spiro atoms. The number of furan rings is 1. The number of carbonyl (C=O) groups excluding carboxylic acids is 1. The number of piperazine rings is 1. The Kier molecular flexibility index (Phi) is 7.12. The Morgan fingerprint density at radius 3 is 2.55 bits per heavy atom. The van der Waals surface area contributed by atoms with Gasteiger partial charge < -0.3 is 14.2 Å². The van der Waals surface area contributed by atoms with Crippen LogP contribution in [-0.2, 0) is 11.8 Å². The Morgan fingerprint density at radius 2 is 1.84 bits per heavy atom. The van der Waals surface area contributed by atoms with Crippen LogP contribution in [0, 0.1) is 6.92 Å². The van der Waals surface area contributed by atoms with E-state index < -0.39 is 0 Å². The van der Waals surface area contributed by atoms with Gasteiger partial charge in [-0.2, -0.15) is 0 Å². The van der Waals surface area contributed by atoms with Crippen LogP contribution in [0.5, 0.6) is 0 Å². The lowest BCUT2D eigenvalue weighted by molar-refractivity contribution is 0.0963. The molecule has 0 amide bonds. The molecule has 0 radical (unpaired) electrons. The summed E-state index contributed by atoms with van der Waals surface area (Å²) in [5.74, 6) is 1.07. The van der Waals surface area contributed by atoms with E-state index >= 15 is 0 Å². The summed E-state index contributed by atoms with van der Waals surface area (Å²) in [6.45, 7) is 15.5. The third-order valence-electron chi connectivity index (χ3n) is 7.05. The number of Topliss-reactive ketones (excluding diaryl/α,β-unsaturated/α-hetero) is 1. The zero-order valence-electron chi connectivity index (χ0n) is 22.8. The Balaban J connectivity index is 1.33. The van der Waals surface area contributed by atoms with Crippen LogP contribution in [0.2, 0.25) is 0 Å². The maximum absolute atomic E-state index is 12.9. The van der Waals surface area contributed by atoms with Crippen LogP contribution in [0.4, 0.5) is 5.69 Å². The van der Waals surface area contributed by atoms with Gasteiger partial charge >= 0.3 is 0 Å². The third kappa shape index (κ3) is 5.52. The van der Waals surface area contributed by atoms with Gasteiger partial charge in [-0.25, -0.2) is 4.68 Å². The number of ketones is 1. The summed E-state index contributed by atoms with van der Waals surface area (Å²) in [4.78, 5) is 26.7. The van der Waals surface area contributed by atoms with Gasteiger partial charge in [0.05, 0.1) is 29.5 Å². The fraction of sp³-hybridized carbons (Fsp3) is 0.414. The lowest BCUT2D eigenvalue weighted by Crippen LogP contribution is -2.46. The average Bonchev–Trinajstić information content (AvgIpc) is 3.61. The summed E-state index contributed by atoms with van der Waals surface area (Å²) in [6.07, 6.45) is 7.53. The molecular formula is C29H35N7O2. The standard InChI is InChI=1S/C29H35N7O2/c1-6-34-9-11-35(12-10-34)23-15-22(17-30-18-23)24-19-36(33-32-24)25-13-21(16-31-20(25)2)14-26(37)27-7-8-28(38-27)29(3,4)5/h7-8,13,15-19H,6,9-12,14H2,1-5H3. The van der Waals surface area contributed by atoms with Crippen molar-refractivity contribution in [1.82, 2.24) is 29.9 Å². The summed E-state index contributed by atoms with van der Waals surface area (Å²) < 4.78 is 7.54. The van der Waals surface area contributed by atoms with Crippen molar-refractivity contribution in [2.75, 3.05) is 37.6 Å². The summed E-state index contributed by atoms with van der Waals surface area (Å²) in [7, 11) is 0. The van der Waals surface area contributed by atoms with Crippen LogP contribution < -0.4 is 4.90 Å². The zero-order chi connectivity index (χ0) is 26.9. The molecule has 4 aromatic heterocycles. The number of pyridine rings is 2. The van der Waals surface area contributed by atoms with Crippen LogP contribution in [-0.4, -0.2) is 68.4 Å². The molecule has 0 N–H and O–H groups in total. The maximum Gasteiger partial charge on any atom is 0.202 e. The van der Waals surface area contributed by atoms with Crippen molar-refractivity contribution in [3.05, 3.63) is 71.8 Å². The van der Waals surface area contributed by atoms with E-state index in [-0.39, 0.29) is 17.6 Å². The Morgan fingerprint density at radius 1 is 1.05 bits per heavy atom. The highest BCUT2D eigenvalue weighted by Crippen LogP contribution is 2.26. The minimum atomic E-state index is -0.152. The summed E-state index contributed by atoms with van der Waals surface area (Å²) in [6, 6.07) is 7.69. The highest BCUT2D eigenvalue weighted by atomic mass is 16.3. The summed E-state index contributed by atoms with van der Waals surface area (Å²) in [5.41, 5.74) is 4.96. The molecule has 1 aliphatic heterocycles. The summed E-state index contributed by atoms with van der Waals surface area (Å²) in [5, 5.41) is 8.79. The van der Waals surface area contributed by atoms with Crippen molar-refractivity contribution in [2.45, 2.75) is 46.5 Å². The molecule has 1 aliphatic rings. The topological polar surface area (TPSA) is 93.2 Å². The fourth-order valence-corrected chi connectivity index (χ4v) is 4.63. The Hall–Kier alpha value is -3.85. The first-order valence-corrected chi connectivity index (χ1v) is 13.2. The van der Waals surface area contributed by atoms with Gasteiger partial charge in [-0.1, -0.05) is 32.9 Å². The van der Waals surface area contributed by atoms with E-state index in [1.54, 1.807) is 16.9 Å². The third-order valence-corrected chi connectivity index (χ3v) is 7.05. The molecule has 9 heteroatoms. The molecule has 5 heterocycles. The molecule has 0 bridgehead atoms. The molecule has 0 saturated carbocycles. The van der Waals surface area contributed by atoms with Crippen molar-refractivity contribution >= 4 is 11.5 Å². The van der Waals surface area contributed by atoms with Gasteiger partial charge in [-0.15, -0.1) is 5.10 Å². The molecule has 0 atom stereocenters. The SMILES string of the molecule is CCN1CCN(c2cncc(-c3cn(-c4cc(CC(=O)c5ccc(C(C)(C)C)o5)cnc4C)nn3)c2)CC1. The minimum Gasteiger partial charge on any atom is -0.457 e. The van der Waals surface area contributed by atoms with Crippen molar-refractivity contribution in [3.63, 3.8) is 0 Å². The maximum atomic E-state index is 12.9. The Bertz CT molecular complexity index is 1420. The number of carbonyl (C=O) groups is 1. The fourth-order valence-electron chi connectivity index (χ4n) is 4.63. The first-order valence-electron chi connectivity index (χ1n) is 13.2. The van der Waals surface area contributed by atoms with E-state index in [0.717, 1.165) is 72.4 Å². The zero-order valence-corrected chi connectivity index (χ0v) is 22.8. The van der Waals surface area contributed by atoms with Crippen LogP contribution in [0.25, 0.3) is 16.9 Å². The number of hydrogen-bond acceptors (Lipinski definition) is 8. The van der Waals surface area contributed by atoms with Crippen LogP contribution in [0.15, 0.2) is 53.5 Å². The number of aromatic nitrogens is 5. The highest BCUT2D eigenvalue weighted by molar-refractivity contribution is 5.95. The van der Waals surface area contributed by atoms with Gasteiger partial charge in [0.2, 0.25) is 5.78 Å². The number of nitrogens with zero attached hydrogens (tertiary/aromatic N) is 7. The largest absolute Gasteiger partial charge is 0.457 e. The van der Waals surface area contributed by atoms with Gasteiger partial charge in [-0.05, 0) is 43.3 Å². The molecular weight excluding hydrogens is 478 g/mol. The van der Waals surface area contributed by atoms with Crippen LogP contribution in [0.1, 0.15) is 55.3 Å². The lowest BCUT2D eigenvalue weighted by atomic mass is 9.94. The van der Waals surface area contributed by atoms with Gasteiger partial charge in [0, 0.05) is 56.0 Å². The van der Waals surface area contributed by atoms with Crippen molar-refractivity contribution in [1.29, 1.82) is 0 Å². The lowest BCUT2D eigenvalue weighted by Gasteiger charge is -2.35. The first-order chi connectivity index (χ1) is 18.2. The van der Waals surface area contributed by atoms with Crippen LogP contribution >= 0.6 is 0 Å². The van der Waals surface area contributed by atoms with Gasteiger partial charge in [0.25, 0.3) is 0 Å². The molecule has 0 unspecified atom stereocenters. The molecule has 38 heavy (non-hydrogen) atoms. The first kappa shape index (κ1) is 25.8. The van der Waals surface area contributed by atoms with Crippen LogP contribution in [0.3, 0.4) is 0 Å². The van der Waals surface area contributed by atoms with E-state index in [0.29, 0.717) is 5.76 Å². The van der Waals surface area contributed by atoms with E-state index in [2.05, 4.69) is 63.8 Å². The predicted octanol–water partition coefficient (Wildman–Crippen LogP) is 4.49. The van der Waals surface area contributed by atoms with Gasteiger partial charge in [-0.3, -0.25) is 14.8 Å². The van der Waals surface area contributed by atoms with Gasteiger partial charge in [0.15, 0.2) is 5.76 Å². The second-order valence-electron chi connectivity index (χ2n) is 10.9. The molecule has 198 valence electrons.